The normalized spacial score (nSPS) is 24.6. The number of amides is 1. The molecule has 9 heteroatoms. The summed E-state index contributed by atoms with van der Waals surface area (Å²) in [5.74, 6) is -1.80. The van der Waals surface area contributed by atoms with Crippen molar-refractivity contribution in [2.24, 2.45) is 0 Å². The van der Waals surface area contributed by atoms with Gasteiger partial charge in [-0.15, -0.1) is 0 Å². The van der Waals surface area contributed by atoms with Crippen LogP contribution in [0.25, 0.3) is 0 Å². The summed E-state index contributed by atoms with van der Waals surface area (Å²) in [6.45, 7) is 0.655. The van der Waals surface area contributed by atoms with Crippen LogP contribution in [0.3, 0.4) is 0 Å². The zero-order valence-electron chi connectivity index (χ0n) is 23.9. The van der Waals surface area contributed by atoms with E-state index in [-0.39, 0.29) is 30.9 Å². The van der Waals surface area contributed by atoms with Crippen LogP contribution in [0.2, 0.25) is 0 Å². The third-order valence-electron chi connectivity index (χ3n) is 7.65. The Morgan fingerprint density at radius 1 is 0.727 bits per heavy atom. The lowest BCUT2D eigenvalue weighted by molar-refractivity contribution is -0.350. The molecule has 2 aliphatic rings. The van der Waals surface area contributed by atoms with Crippen LogP contribution >= 0.6 is 0 Å². The van der Waals surface area contributed by atoms with Gasteiger partial charge in [-0.3, -0.25) is 4.79 Å². The van der Waals surface area contributed by atoms with Gasteiger partial charge < -0.3 is 34.1 Å². The van der Waals surface area contributed by atoms with Gasteiger partial charge in [-0.25, -0.2) is 4.79 Å². The minimum atomic E-state index is -1.21. The number of aromatic carboxylic acids is 1. The Labute approximate surface area is 255 Å². The third-order valence-corrected chi connectivity index (χ3v) is 7.65. The molecular weight excluding hydrogens is 562 g/mol. The number of carbonyl (C=O) groups excluding carboxylic acids is 1. The fourth-order valence-corrected chi connectivity index (χ4v) is 5.46. The molecule has 2 fully saturated rings. The third kappa shape index (κ3) is 6.88. The van der Waals surface area contributed by atoms with Crippen LogP contribution in [-0.4, -0.2) is 54.2 Å². The van der Waals surface area contributed by atoms with Gasteiger partial charge in [-0.1, -0.05) is 103 Å². The molecule has 0 bridgehead atoms. The molecule has 44 heavy (non-hydrogen) atoms. The van der Waals surface area contributed by atoms with Crippen molar-refractivity contribution >= 4 is 11.9 Å². The summed E-state index contributed by atoms with van der Waals surface area (Å²) in [4.78, 5) is 25.7. The Morgan fingerprint density at radius 2 is 1.30 bits per heavy atom. The van der Waals surface area contributed by atoms with Crippen molar-refractivity contribution in [2.75, 3.05) is 6.61 Å². The summed E-state index contributed by atoms with van der Waals surface area (Å²) in [7, 11) is 0. The quantitative estimate of drug-likeness (QED) is 0.260. The summed E-state index contributed by atoms with van der Waals surface area (Å²) < 4.78 is 31.8. The van der Waals surface area contributed by atoms with Crippen LogP contribution in [0.4, 0.5) is 0 Å². The van der Waals surface area contributed by atoms with Crippen molar-refractivity contribution in [3.63, 3.8) is 0 Å². The van der Waals surface area contributed by atoms with E-state index in [1.807, 2.05) is 91.0 Å². The van der Waals surface area contributed by atoms with Crippen LogP contribution in [0.1, 0.15) is 43.7 Å². The lowest BCUT2D eigenvalue weighted by atomic mass is 9.94. The Balaban J connectivity index is 1.33. The first-order valence-corrected chi connectivity index (χ1v) is 14.5. The number of carboxylic acids is 1. The minimum absolute atomic E-state index is 0.0146. The lowest BCUT2D eigenvalue weighted by Crippen LogP contribution is -2.67. The average Bonchev–Trinajstić information content (AvgIpc) is 3.08. The van der Waals surface area contributed by atoms with Crippen LogP contribution < -0.4 is 5.32 Å². The van der Waals surface area contributed by atoms with E-state index in [0.717, 1.165) is 16.7 Å². The molecular formula is C35H33NO8. The van der Waals surface area contributed by atoms with Crippen molar-refractivity contribution in [1.29, 1.82) is 0 Å². The monoisotopic (exact) mass is 595 g/mol. The van der Waals surface area contributed by atoms with E-state index in [1.165, 1.54) is 12.1 Å². The molecule has 0 radical (unpaired) electrons. The number of rotatable bonds is 10. The van der Waals surface area contributed by atoms with Crippen molar-refractivity contribution in [3.8, 4) is 0 Å². The predicted octanol–water partition coefficient (Wildman–Crippen LogP) is 5.12. The molecule has 0 saturated carbocycles. The van der Waals surface area contributed by atoms with Gasteiger partial charge in [0.2, 0.25) is 0 Å². The molecule has 1 unspecified atom stereocenters. The Bertz CT molecular complexity index is 1530. The van der Waals surface area contributed by atoms with E-state index in [4.69, 9.17) is 23.7 Å². The highest BCUT2D eigenvalue weighted by Gasteiger charge is 2.52. The Kier molecular flexibility index (Phi) is 9.40. The molecule has 2 aliphatic heterocycles. The molecule has 1 amide bonds. The number of fused-ring (bicyclic) bond motifs is 1. The maximum atomic E-state index is 13.7. The van der Waals surface area contributed by atoms with E-state index in [0.29, 0.717) is 0 Å². The largest absolute Gasteiger partial charge is 0.478 e. The summed E-state index contributed by atoms with van der Waals surface area (Å²) in [6.07, 6.45) is -3.58. The van der Waals surface area contributed by atoms with Crippen molar-refractivity contribution < 1.29 is 38.4 Å². The highest BCUT2D eigenvalue weighted by molar-refractivity contribution is 6.04. The molecule has 2 heterocycles. The minimum Gasteiger partial charge on any atom is -0.478 e. The fraction of sp³-hybridized carbons (Fsp3) is 0.257. The Hall–Kier alpha value is -4.38. The highest BCUT2D eigenvalue weighted by atomic mass is 16.7. The van der Waals surface area contributed by atoms with Crippen LogP contribution in [0, 0.1) is 0 Å². The number of hydrogen-bond donors (Lipinski definition) is 2. The average molecular weight is 596 g/mol. The fourth-order valence-electron chi connectivity index (χ4n) is 5.46. The van der Waals surface area contributed by atoms with E-state index in [2.05, 4.69) is 5.32 Å². The molecule has 6 rings (SSSR count). The highest BCUT2D eigenvalue weighted by Crippen LogP contribution is 2.36. The first-order valence-electron chi connectivity index (χ1n) is 14.5. The van der Waals surface area contributed by atoms with Gasteiger partial charge in [0, 0.05) is 5.56 Å². The SMILES string of the molecule is O=C(O)c1ccccc1C(=O)N[C@H]1[C@H](OCc2ccccc2)O[C@@H]2COC(c3ccccc3)O[C@H]2[C@@H]1OCc1ccccc1. The second-order valence-electron chi connectivity index (χ2n) is 10.6. The van der Waals surface area contributed by atoms with Gasteiger partial charge in [0.05, 0.1) is 30.9 Å². The summed E-state index contributed by atoms with van der Waals surface area (Å²) >= 11 is 0. The van der Waals surface area contributed by atoms with E-state index in [9.17, 15) is 14.7 Å². The maximum Gasteiger partial charge on any atom is 0.336 e. The molecule has 0 aliphatic carbocycles. The standard InChI is InChI=1S/C35H33NO8/c37-32(26-18-10-11-19-27(26)33(38)39)36-29-31(40-20-23-12-4-1-5-13-23)30-28(22-42-34(44-30)25-16-8-3-9-17-25)43-35(29)41-21-24-14-6-2-7-15-24/h1-19,28-31,34-35H,20-22H2,(H,36,37)(H,38,39)/t28-,29-,30-,31-,34?,35-/m1/s1. The summed E-state index contributed by atoms with van der Waals surface area (Å²) in [5.41, 5.74) is 2.59. The topological polar surface area (TPSA) is 113 Å². The maximum absolute atomic E-state index is 13.7. The van der Waals surface area contributed by atoms with E-state index < -0.39 is 48.8 Å². The van der Waals surface area contributed by atoms with Crippen molar-refractivity contribution in [2.45, 2.75) is 50.1 Å². The van der Waals surface area contributed by atoms with Gasteiger partial charge in [0.15, 0.2) is 12.6 Å². The molecule has 0 aromatic heterocycles. The second kappa shape index (κ2) is 13.9. The van der Waals surface area contributed by atoms with Gasteiger partial charge in [0.1, 0.15) is 24.4 Å². The smallest absolute Gasteiger partial charge is 0.336 e. The van der Waals surface area contributed by atoms with Crippen LogP contribution in [0.15, 0.2) is 115 Å². The number of ether oxygens (including phenoxy) is 5. The van der Waals surface area contributed by atoms with Gasteiger partial charge >= 0.3 is 5.97 Å². The number of hydrogen-bond acceptors (Lipinski definition) is 7. The molecule has 4 aromatic carbocycles. The molecule has 9 nitrogen and oxygen atoms in total. The zero-order chi connectivity index (χ0) is 30.3. The number of carbonyl (C=O) groups is 2. The number of nitrogens with one attached hydrogen (secondary N) is 1. The van der Waals surface area contributed by atoms with Crippen molar-refractivity contribution in [3.05, 3.63) is 143 Å². The Morgan fingerprint density at radius 3 is 1.93 bits per heavy atom. The lowest BCUT2D eigenvalue weighted by Gasteiger charge is -2.49. The predicted molar refractivity (Wildman–Crippen MR) is 160 cm³/mol. The molecule has 0 spiro atoms. The summed E-state index contributed by atoms with van der Waals surface area (Å²) in [5, 5.41) is 12.7. The first kappa shape index (κ1) is 29.7. The molecule has 2 saturated heterocycles. The first-order chi connectivity index (χ1) is 21.6. The van der Waals surface area contributed by atoms with E-state index >= 15 is 0 Å². The van der Waals surface area contributed by atoms with Crippen LogP contribution in [-0.2, 0) is 36.9 Å². The van der Waals surface area contributed by atoms with Gasteiger partial charge in [-0.2, -0.15) is 0 Å². The molecule has 6 atom stereocenters. The molecule has 226 valence electrons. The molecule has 2 N–H and O–H groups in total. The zero-order valence-corrected chi connectivity index (χ0v) is 23.9. The number of benzene rings is 4. The second-order valence-corrected chi connectivity index (χ2v) is 10.6. The van der Waals surface area contributed by atoms with E-state index in [1.54, 1.807) is 12.1 Å². The van der Waals surface area contributed by atoms with Gasteiger partial charge in [-0.05, 0) is 23.3 Å². The molecule has 4 aromatic rings. The number of carboxylic acid groups (broad SMARTS) is 1. The van der Waals surface area contributed by atoms with Gasteiger partial charge in [0.25, 0.3) is 5.91 Å². The summed E-state index contributed by atoms with van der Waals surface area (Å²) in [6, 6.07) is 34.1. The van der Waals surface area contributed by atoms with Crippen LogP contribution in [0.5, 0.6) is 0 Å². The van der Waals surface area contributed by atoms with Crippen molar-refractivity contribution in [1.82, 2.24) is 5.32 Å².